The predicted octanol–water partition coefficient (Wildman–Crippen LogP) is 2.44. The van der Waals surface area contributed by atoms with Crippen LogP contribution >= 0.6 is 15.9 Å². The Morgan fingerprint density at radius 1 is 1.47 bits per heavy atom. The van der Waals surface area contributed by atoms with E-state index < -0.39 is 4.92 Å². The highest BCUT2D eigenvalue weighted by Gasteiger charge is 2.19. The summed E-state index contributed by atoms with van der Waals surface area (Å²) in [6, 6.07) is 4.56. The van der Waals surface area contributed by atoms with Crippen LogP contribution < -0.4 is 10.6 Å². The Morgan fingerprint density at radius 2 is 2.26 bits per heavy atom. The first-order valence-corrected chi connectivity index (χ1v) is 6.83. The van der Waals surface area contributed by atoms with Gasteiger partial charge in [-0.15, -0.1) is 0 Å². The van der Waals surface area contributed by atoms with Crippen LogP contribution in [-0.4, -0.2) is 23.4 Å². The molecule has 0 aliphatic carbocycles. The van der Waals surface area contributed by atoms with Crippen molar-refractivity contribution >= 4 is 33.2 Å². The van der Waals surface area contributed by atoms with Crippen LogP contribution in [0, 0.1) is 10.1 Å². The predicted molar refractivity (Wildman–Crippen MR) is 75.1 cm³/mol. The van der Waals surface area contributed by atoms with Crippen LogP contribution in [0.2, 0.25) is 0 Å². The van der Waals surface area contributed by atoms with Gasteiger partial charge in [-0.3, -0.25) is 14.9 Å². The van der Waals surface area contributed by atoms with Crippen molar-refractivity contribution in [3.63, 3.8) is 0 Å². The number of hydrogen-bond donors (Lipinski definition) is 2. The molecule has 1 aromatic rings. The van der Waals surface area contributed by atoms with Gasteiger partial charge in [0.15, 0.2) is 0 Å². The second kappa shape index (κ2) is 6.01. The van der Waals surface area contributed by atoms with Crippen LogP contribution in [0.25, 0.3) is 0 Å². The molecule has 0 spiro atoms. The minimum atomic E-state index is -0.433. The maximum Gasteiger partial charge on any atom is 0.271 e. The monoisotopic (exact) mass is 327 g/mol. The van der Waals surface area contributed by atoms with E-state index in [1.807, 2.05) is 0 Å². The first-order valence-electron chi connectivity index (χ1n) is 6.03. The van der Waals surface area contributed by atoms with Gasteiger partial charge in [0.1, 0.15) is 0 Å². The number of amides is 1. The highest BCUT2D eigenvalue weighted by atomic mass is 79.9. The van der Waals surface area contributed by atoms with Gasteiger partial charge in [0.25, 0.3) is 5.69 Å². The fraction of sp³-hybridized carbons (Fsp3) is 0.417. The van der Waals surface area contributed by atoms with Crippen molar-refractivity contribution in [2.75, 3.05) is 11.9 Å². The number of nitro groups is 1. The van der Waals surface area contributed by atoms with Gasteiger partial charge in [-0.05, 0) is 34.8 Å². The summed E-state index contributed by atoms with van der Waals surface area (Å²) >= 11 is 3.36. The van der Waals surface area contributed by atoms with Gasteiger partial charge >= 0.3 is 0 Å². The van der Waals surface area contributed by atoms with Gasteiger partial charge < -0.3 is 10.6 Å². The molecule has 6 nitrogen and oxygen atoms in total. The number of hydrogen-bond acceptors (Lipinski definition) is 4. The normalized spacial score (nSPS) is 19.4. The molecule has 0 saturated carbocycles. The second-order valence-corrected chi connectivity index (χ2v) is 5.31. The summed E-state index contributed by atoms with van der Waals surface area (Å²) in [6.45, 7) is 0.688. The zero-order valence-electron chi connectivity index (χ0n) is 10.2. The Bertz CT molecular complexity index is 507. The molecule has 1 aromatic carbocycles. The van der Waals surface area contributed by atoms with Crippen molar-refractivity contribution < 1.29 is 9.72 Å². The third kappa shape index (κ3) is 3.66. The highest BCUT2D eigenvalue weighted by Crippen LogP contribution is 2.28. The van der Waals surface area contributed by atoms with Crippen LogP contribution in [0.1, 0.15) is 19.3 Å². The lowest BCUT2D eigenvalue weighted by atomic mass is 10.1. The Morgan fingerprint density at radius 3 is 3.00 bits per heavy atom. The van der Waals surface area contributed by atoms with E-state index in [0.717, 1.165) is 17.3 Å². The first kappa shape index (κ1) is 13.8. The molecular formula is C12H14BrN3O3. The number of rotatable bonds is 3. The number of nitrogens with zero attached hydrogens (tertiary/aromatic N) is 1. The molecule has 1 aliphatic rings. The van der Waals surface area contributed by atoms with Crippen molar-refractivity contribution in [1.29, 1.82) is 0 Å². The summed E-state index contributed by atoms with van der Waals surface area (Å²) in [4.78, 5) is 21.8. The van der Waals surface area contributed by atoms with E-state index in [1.165, 1.54) is 12.1 Å². The Balaban J connectivity index is 2.15. The molecule has 1 saturated heterocycles. The van der Waals surface area contributed by atoms with E-state index >= 15 is 0 Å². The van der Waals surface area contributed by atoms with Crippen molar-refractivity contribution in [3.05, 3.63) is 32.8 Å². The first-order chi connectivity index (χ1) is 9.06. The Labute approximate surface area is 118 Å². The minimum Gasteiger partial charge on any atom is -0.381 e. The number of carbonyl (C=O) groups excluding carboxylic acids is 1. The van der Waals surface area contributed by atoms with Gasteiger partial charge in [0.05, 0.1) is 10.6 Å². The van der Waals surface area contributed by atoms with Crippen molar-refractivity contribution in [1.82, 2.24) is 5.32 Å². The molecule has 7 heteroatoms. The molecule has 1 heterocycles. The lowest BCUT2D eigenvalue weighted by Crippen LogP contribution is -2.26. The summed E-state index contributed by atoms with van der Waals surface area (Å²) in [5.74, 6) is 0.0107. The number of benzene rings is 1. The summed E-state index contributed by atoms with van der Waals surface area (Å²) < 4.78 is 0.753. The van der Waals surface area contributed by atoms with Crippen LogP contribution in [0.4, 0.5) is 11.4 Å². The summed E-state index contributed by atoms with van der Waals surface area (Å²) in [7, 11) is 0. The average Bonchev–Trinajstić information content (AvgIpc) is 2.56. The number of anilines is 1. The topological polar surface area (TPSA) is 84.3 Å². The molecule has 2 rings (SSSR count). The number of non-ortho nitro benzene ring substituents is 1. The van der Waals surface area contributed by atoms with Crippen LogP contribution in [-0.2, 0) is 4.79 Å². The molecule has 2 N–H and O–H groups in total. The molecule has 1 aliphatic heterocycles. The number of carbonyl (C=O) groups is 1. The van der Waals surface area contributed by atoms with Gasteiger partial charge in [-0.25, -0.2) is 0 Å². The zero-order chi connectivity index (χ0) is 13.8. The largest absolute Gasteiger partial charge is 0.381 e. The fourth-order valence-electron chi connectivity index (χ4n) is 2.05. The molecule has 0 bridgehead atoms. The summed E-state index contributed by atoms with van der Waals surface area (Å²) in [6.07, 6.45) is 2.14. The molecule has 1 unspecified atom stereocenters. The molecule has 1 amide bonds. The number of nitro benzene ring substituents is 1. The van der Waals surface area contributed by atoms with E-state index in [2.05, 4.69) is 26.6 Å². The van der Waals surface area contributed by atoms with E-state index in [9.17, 15) is 14.9 Å². The van der Waals surface area contributed by atoms with Crippen LogP contribution in [0.5, 0.6) is 0 Å². The van der Waals surface area contributed by atoms with Gasteiger partial charge in [-0.2, -0.15) is 0 Å². The van der Waals surface area contributed by atoms with Gasteiger partial charge in [-0.1, -0.05) is 0 Å². The molecular weight excluding hydrogens is 314 g/mol. The highest BCUT2D eigenvalue weighted by molar-refractivity contribution is 9.10. The molecule has 0 radical (unpaired) electrons. The van der Waals surface area contributed by atoms with Crippen molar-refractivity contribution in [3.8, 4) is 0 Å². The smallest absolute Gasteiger partial charge is 0.271 e. The summed E-state index contributed by atoms with van der Waals surface area (Å²) in [5.41, 5.74) is 0.678. The van der Waals surface area contributed by atoms with E-state index in [0.29, 0.717) is 18.7 Å². The van der Waals surface area contributed by atoms with Gasteiger partial charge in [0, 0.05) is 35.6 Å². The fourth-order valence-corrected chi connectivity index (χ4v) is 2.42. The summed E-state index contributed by atoms with van der Waals surface area (Å²) in [5, 5.41) is 16.8. The molecule has 1 atom stereocenters. The third-order valence-electron chi connectivity index (χ3n) is 3.00. The SMILES string of the molecule is O=C1CC(Nc2cc([N+](=O)[O-])ccc2Br)CCCN1. The number of halogens is 1. The molecule has 102 valence electrons. The quantitative estimate of drug-likeness (QED) is 0.659. The Kier molecular flexibility index (Phi) is 4.36. The third-order valence-corrected chi connectivity index (χ3v) is 3.70. The number of nitrogens with one attached hydrogen (secondary N) is 2. The van der Waals surface area contributed by atoms with Crippen LogP contribution in [0.3, 0.4) is 0 Å². The maximum absolute atomic E-state index is 11.5. The molecule has 1 fully saturated rings. The zero-order valence-corrected chi connectivity index (χ0v) is 11.8. The Hall–Kier alpha value is -1.63. The van der Waals surface area contributed by atoms with Crippen LogP contribution in [0.15, 0.2) is 22.7 Å². The van der Waals surface area contributed by atoms with Crippen molar-refractivity contribution in [2.45, 2.75) is 25.3 Å². The van der Waals surface area contributed by atoms with E-state index in [1.54, 1.807) is 6.07 Å². The molecule has 0 aromatic heterocycles. The van der Waals surface area contributed by atoms with E-state index in [-0.39, 0.29) is 17.6 Å². The lowest BCUT2D eigenvalue weighted by Gasteiger charge is -2.17. The molecule has 19 heavy (non-hydrogen) atoms. The average molecular weight is 328 g/mol. The van der Waals surface area contributed by atoms with Gasteiger partial charge in [0.2, 0.25) is 5.91 Å². The van der Waals surface area contributed by atoms with Crippen molar-refractivity contribution in [2.24, 2.45) is 0 Å². The van der Waals surface area contributed by atoms with E-state index in [4.69, 9.17) is 0 Å². The maximum atomic E-state index is 11.5. The lowest BCUT2D eigenvalue weighted by molar-refractivity contribution is -0.384. The minimum absolute atomic E-state index is 0.000745. The standard InChI is InChI=1S/C12H14BrN3O3/c13-10-4-3-9(16(18)19)7-11(10)15-8-2-1-5-14-12(17)6-8/h3-4,7-8,15H,1-2,5-6H2,(H,14,17). The second-order valence-electron chi connectivity index (χ2n) is 4.46.